The maximum absolute atomic E-state index is 6.40. The zero-order chi connectivity index (χ0) is 16.0. The van der Waals surface area contributed by atoms with E-state index in [0.717, 1.165) is 34.1 Å². The van der Waals surface area contributed by atoms with Crippen LogP contribution in [0.1, 0.15) is 28.8 Å². The molecule has 0 amide bonds. The number of halogens is 2. The molecule has 0 atom stereocenters. The molecule has 3 heterocycles. The lowest BCUT2D eigenvalue weighted by molar-refractivity contribution is 0.877. The molecule has 1 aromatic carbocycles. The van der Waals surface area contributed by atoms with E-state index in [2.05, 4.69) is 23.2 Å². The molecular formula is C16H12Cl2N4S. The molecule has 0 unspecified atom stereocenters. The van der Waals surface area contributed by atoms with Crippen molar-refractivity contribution in [2.45, 2.75) is 19.9 Å². The van der Waals surface area contributed by atoms with Crippen LogP contribution in [-0.2, 0) is 13.0 Å². The number of fused-ring (bicyclic) bond motifs is 3. The number of hydrogen-bond acceptors (Lipinski definition) is 4. The van der Waals surface area contributed by atoms with Crippen molar-refractivity contribution in [2.24, 2.45) is 4.99 Å². The maximum atomic E-state index is 6.40. The van der Waals surface area contributed by atoms with Crippen LogP contribution in [0.5, 0.6) is 0 Å². The fourth-order valence-corrected chi connectivity index (χ4v) is 4.27. The van der Waals surface area contributed by atoms with Gasteiger partial charge in [0.15, 0.2) is 5.82 Å². The van der Waals surface area contributed by atoms with E-state index in [-0.39, 0.29) is 0 Å². The number of aromatic nitrogens is 3. The Hall–Kier alpha value is -1.69. The molecule has 1 aliphatic rings. The average Bonchev–Trinajstić information content (AvgIpc) is 3.09. The highest BCUT2D eigenvalue weighted by Crippen LogP contribution is 2.35. The lowest BCUT2D eigenvalue weighted by Crippen LogP contribution is -2.05. The van der Waals surface area contributed by atoms with E-state index in [4.69, 9.17) is 28.2 Å². The summed E-state index contributed by atoms with van der Waals surface area (Å²) >= 11 is 14.3. The van der Waals surface area contributed by atoms with Crippen LogP contribution >= 0.6 is 34.5 Å². The smallest absolute Gasteiger partial charge is 0.230 e. The topological polar surface area (TPSA) is 43.1 Å². The summed E-state index contributed by atoms with van der Waals surface area (Å²) in [5.41, 5.74) is 2.83. The van der Waals surface area contributed by atoms with Crippen molar-refractivity contribution in [1.29, 1.82) is 0 Å². The Morgan fingerprint density at radius 3 is 2.78 bits per heavy atom. The first-order valence-electron chi connectivity index (χ1n) is 7.21. The molecule has 7 heteroatoms. The first-order chi connectivity index (χ1) is 11.2. The highest BCUT2D eigenvalue weighted by molar-refractivity contribution is 7.15. The molecule has 23 heavy (non-hydrogen) atoms. The third-order valence-corrected chi connectivity index (χ3v) is 5.61. The Morgan fingerprint density at radius 2 is 2.00 bits per heavy atom. The summed E-state index contributed by atoms with van der Waals surface area (Å²) in [6, 6.07) is 9.91. The summed E-state index contributed by atoms with van der Waals surface area (Å²) in [6.07, 6.45) is 0.947. The quantitative estimate of drug-likeness (QED) is 0.670. The number of hydrogen-bond donors (Lipinski definition) is 0. The zero-order valence-electron chi connectivity index (χ0n) is 12.3. The molecule has 4 nitrogen and oxygen atoms in total. The van der Waals surface area contributed by atoms with Gasteiger partial charge in [-0.3, -0.25) is 9.56 Å². The Labute approximate surface area is 147 Å². The van der Waals surface area contributed by atoms with Crippen molar-refractivity contribution in [3.63, 3.8) is 0 Å². The van der Waals surface area contributed by atoms with E-state index in [0.29, 0.717) is 16.9 Å². The maximum Gasteiger partial charge on any atom is 0.230 e. The number of nitrogens with zero attached hydrogens (tertiary/aromatic N) is 4. The number of benzene rings is 1. The highest BCUT2D eigenvalue weighted by Gasteiger charge is 2.25. The molecule has 1 aliphatic heterocycles. The second kappa shape index (κ2) is 5.74. The van der Waals surface area contributed by atoms with E-state index >= 15 is 0 Å². The Morgan fingerprint density at radius 1 is 1.17 bits per heavy atom. The van der Waals surface area contributed by atoms with Gasteiger partial charge in [-0.2, -0.15) is 0 Å². The van der Waals surface area contributed by atoms with Gasteiger partial charge in [-0.05, 0) is 30.2 Å². The molecule has 0 radical (unpaired) electrons. The summed E-state index contributed by atoms with van der Waals surface area (Å²) in [7, 11) is 0. The van der Waals surface area contributed by atoms with Crippen LogP contribution in [0.3, 0.4) is 0 Å². The van der Waals surface area contributed by atoms with E-state index < -0.39 is 0 Å². The van der Waals surface area contributed by atoms with Gasteiger partial charge in [0.25, 0.3) is 0 Å². The second-order valence-corrected chi connectivity index (χ2v) is 7.01. The SMILES string of the molecule is CCc1cc2c(s1)-n1c(Cl)nnc1CN=C2c1ccccc1Cl. The number of aliphatic imine (C=N–C) groups is 1. The Balaban J connectivity index is 1.99. The van der Waals surface area contributed by atoms with Crippen molar-refractivity contribution in [3.05, 3.63) is 62.5 Å². The molecule has 0 spiro atoms. The normalized spacial score (nSPS) is 13.3. The van der Waals surface area contributed by atoms with Crippen molar-refractivity contribution in [1.82, 2.24) is 14.8 Å². The number of thiophene rings is 1. The molecule has 0 bridgehead atoms. The van der Waals surface area contributed by atoms with Crippen molar-refractivity contribution < 1.29 is 0 Å². The van der Waals surface area contributed by atoms with Crippen LogP contribution in [0.4, 0.5) is 0 Å². The Kier molecular flexibility index (Phi) is 3.71. The van der Waals surface area contributed by atoms with Gasteiger partial charge < -0.3 is 0 Å². The number of aryl methyl sites for hydroxylation is 1. The fourth-order valence-electron chi connectivity index (χ4n) is 2.66. The molecule has 0 N–H and O–H groups in total. The first-order valence-corrected chi connectivity index (χ1v) is 8.79. The first kappa shape index (κ1) is 14.9. The van der Waals surface area contributed by atoms with Gasteiger partial charge in [0.05, 0.1) is 5.71 Å². The third kappa shape index (κ3) is 2.40. The minimum Gasteiger partial charge on any atom is -0.276 e. The average molecular weight is 363 g/mol. The molecule has 0 aliphatic carbocycles. The number of rotatable bonds is 2. The predicted octanol–water partition coefficient (Wildman–Crippen LogP) is 4.55. The van der Waals surface area contributed by atoms with E-state index in [1.54, 1.807) is 11.3 Å². The van der Waals surface area contributed by atoms with Crippen LogP contribution < -0.4 is 0 Å². The van der Waals surface area contributed by atoms with Crippen LogP contribution in [0.15, 0.2) is 35.3 Å². The van der Waals surface area contributed by atoms with Gasteiger partial charge in [0.2, 0.25) is 5.28 Å². The summed E-state index contributed by atoms with van der Waals surface area (Å²) in [4.78, 5) is 6.01. The fraction of sp³-hybridized carbons (Fsp3) is 0.188. The minimum absolute atomic E-state index is 0.362. The summed E-state index contributed by atoms with van der Waals surface area (Å²) in [6.45, 7) is 2.55. The standard InChI is InChI=1S/C16H12Cl2N4S/c1-2-9-7-11-14(10-5-3-4-6-12(10)17)19-8-13-20-21-16(18)22(13)15(11)23-9/h3-7H,2,8H2,1H3. The van der Waals surface area contributed by atoms with Gasteiger partial charge >= 0.3 is 0 Å². The lowest BCUT2D eigenvalue weighted by atomic mass is 10.0. The van der Waals surface area contributed by atoms with Gasteiger partial charge in [0.1, 0.15) is 11.5 Å². The largest absolute Gasteiger partial charge is 0.276 e. The molecule has 4 rings (SSSR count). The van der Waals surface area contributed by atoms with Crippen LogP contribution in [0, 0.1) is 0 Å². The third-order valence-electron chi connectivity index (χ3n) is 3.77. The van der Waals surface area contributed by atoms with Gasteiger partial charge in [0, 0.05) is 21.0 Å². The van der Waals surface area contributed by atoms with Crippen molar-refractivity contribution in [2.75, 3.05) is 0 Å². The summed E-state index contributed by atoms with van der Waals surface area (Å²) in [5, 5.41) is 10.2. The molecule has 3 aromatic rings. The molecular weight excluding hydrogens is 351 g/mol. The molecule has 0 saturated carbocycles. The summed E-state index contributed by atoms with van der Waals surface area (Å²) < 4.78 is 1.88. The van der Waals surface area contributed by atoms with Crippen LogP contribution in [0.2, 0.25) is 10.3 Å². The minimum atomic E-state index is 0.362. The van der Waals surface area contributed by atoms with E-state index in [9.17, 15) is 0 Å². The molecule has 2 aromatic heterocycles. The van der Waals surface area contributed by atoms with Gasteiger partial charge in [-0.25, -0.2) is 0 Å². The van der Waals surface area contributed by atoms with Gasteiger partial charge in [-0.15, -0.1) is 21.5 Å². The van der Waals surface area contributed by atoms with Crippen LogP contribution in [-0.4, -0.2) is 20.5 Å². The zero-order valence-corrected chi connectivity index (χ0v) is 14.6. The predicted molar refractivity (Wildman–Crippen MR) is 94.4 cm³/mol. The van der Waals surface area contributed by atoms with Gasteiger partial charge in [-0.1, -0.05) is 36.7 Å². The molecule has 0 fully saturated rings. The van der Waals surface area contributed by atoms with Crippen LogP contribution in [0.25, 0.3) is 5.00 Å². The van der Waals surface area contributed by atoms with E-state index in [1.807, 2.05) is 28.8 Å². The Bertz CT molecular complexity index is 926. The van der Waals surface area contributed by atoms with E-state index in [1.165, 1.54) is 4.88 Å². The monoisotopic (exact) mass is 362 g/mol. The lowest BCUT2D eigenvalue weighted by Gasteiger charge is -2.08. The highest BCUT2D eigenvalue weighted by atomic mass is 35.5. The molecule has 116 valence electrons. The molecule has 0 saturated heterocycles. The van der Waals surface area contributed by atoms with Crippen molar-refractivity contribution >= 4 is 40.3 Å². The van der Waals surface area contributed by atoms with Crippen molar-refractivity contribution in [3.8, 4) is 5.00 Å². The summed E-state index contributed by atoms with van der Waals surface area (Å²) in [5.74, 6) is 0.739. The second-order valence-electron chi connectivity index (χ2n) is 5.15.